The van der Waals surface area contributed by atoms with E-state index < -0.39 is 17.3 Å². The number of nitrogens with zero attached hydrogens (tertiary/aromatic N) is 3. The first-order valence-electron chi connectivity index (χ1n) is 9.38. The second-order valence-corrected chi connectivity index (χ2v) is 8.68. The monoisotopic (exact) mass is 399 g/mol. The molecule has 1 saturated heterocycles. The quantitative estimate of drug-likeness (QED) is 0.507. The standard InChI is InChI=1S/C21H24FN4OS/c1-14-9-18(21(22)24-12-14)16-10-15-3-6-23-13-19(15)20(11-16)25-17-4-7-26(8-5-17)28(2)27/h3,6,9-13,17,25,27H,4-5,7-8H2,1-2H3/q+1. The molecule has 7 heteroatoms. The molecule has 1 aliphatic heterocycles. The number of rotatable bonds is 4. The van der Waals surface area contributed by atoms with Gasteiger partial charge in [0, 0.05) is 54.4 Å². The first kappa shape index (κ1) is 19.1. The number of hydrogen-bond acceptors (Lipinski definition) is 5. The molecule has 1 fully saturated rings. The molecule has 28 heavy (non-hydrogen) atoms. The van der Waals surface area contributed by atoms with Gasteiger partial charge in [-0.15, -0.1) is 0 Å². The average molecular weight is 400 g/mol. The van der Waals surface area contributed by atoms with E-state index >= 15 is 0 Å². The molecule has 0 saturated carbocycles. The van der Waals surface area contributed by atoms with E-state index in [-0.39, 0.29) is 0 Å². The fourth-order valence-electron chi connectivity index (χ4n) is 3.71. The van der Waals surface area contributed by atoms with Crippen LogP contribution in [-0.2, 0) is 11.4 Å². The third kappa shape index (κ3) is 3.97. The van der Waals surface area contributed by atoms with Crippen molar-refractivity contribution in [3.63, 3.8) is 0 Å². The topological polar surface area (TPSA) is 61.3 Å². The Labute approximate surface area is 167 Å². The number of anilines is 1. The molecule has 1 aliphatic rings. The van der Waals surface area contributed by atoms with Crippen LogP contribution in [0.1, 0.15) is 18.4 Å². The predicted molar refractivity (Wildman–Crippen MR) is 114 cm³/mol. The molecule has 1 aromatic carbocycles. The van der Waals surface area contributed by atoms with Crippen molar-refractivity contribution in [2.24, 2.45) is 0 Å². The van der Waals surface area contributed by atoms with Gasteiger partial charge in [-0.1, -0.05) is 4.31 Å². The zero-order valence-electron chi connectivity index (χ0n) is 16.0. The predicted octanol–water partition coefficient (Wildman–Crippen LogP) is 4.26. The van der Waals surface area contributed by atoms with E-state index in [0.717, 1.165) is 53.5 Å². The molecule has 146 valence electrons. The highest BCUT2D eigenvalue weighted by Crippen LogP contribution is 2.33. The summed E-state index contributed by atoms with van der Waals surface area (Å²) in [6.45, 7) is 3.64. The number of aryl methyl sites for hydroxylation is 1. The van der Waals surface area contributed by atoms with Crippen LogP contribution in [0, 0.1) is 12.9 Å². The molecule has 0 spiro atoms. The van der Waals surface area contributed by atoms with E-state index in [1.54, 1.807) is 12.4 Å². The molecule has 0 amide bonds. The lowest BCUT2D eigenvalue weighted by Crippen LogP contribution is -2.41. The van der Waals surface area contributed by atoms with Crippen LogP contribution in [0.2, 0.25) is 0 Å². The summed E-state index contributed by atoms with van der Waals surface area (Å²) >= 11 is -0.672. The average Bonchev–Trinajstić information content (AvgIpc) is 2.70. The van der Waals surface area contributed by atoms with E-state index in [0.29, 0.717) is 11.6 Å². The first-order valence-corrected chi connectivity index (χ1v) is 10.9. The lowest BCUT2D eigenvalue weighted by Gasteiger charge is -2.29. The third-order valence-corrected chi connectivity index (χ3v) is 6.34. The SMILES string of the molecule is Cc1cnc(F)c(-c2cc(NC3CCN([S+](C)O)CC3)c3cnccc3c2)c1. The summed E-state index contributed by atoms with van der Waals surface area (Å²) < 4.78 is 26.3. The highest BCUT2D eigenvalue weighted by molar-refractivity contribution is 7.88. The number of benzene rings is 1. The van der Waals surface area contributed by atoms with Crippen LogP contribution in [-0.4, -0.2) is 44.2 Å². The number of fused-ring (bicyclic) bond motifs is 1. The van der Waals surface area contributed by atoms with Gasteiger partial charge in [-0.2, -0.15) is 8.94 Å². The van der Waals surface area contributed by atoms with Crippen molar-refractivity contribution in [1.82, 2.24) is 14.3 Å². The fraction of sp³-hybridized carbons (Fsp3) is 0.333. The van der Waals surface area contributed by atoms with Crippen LogP contribution >= 0.6 is 0 Å². The zero-order valence-corrected chi connectivity index (χ0v) is 16.8. The van der Waals surface area contributed by atoms with Crippen molar-refractivity contribution in [1.29, 1.82) is 0 Å². The second kappa shape index (κ2) is 8.03. The number of nitrogens with one attached hydrogen (secondary N) is 1. The van der Waals surface area contributed by atoms with Crippen LogP contribution in [0.3, 0.4) is 0 Å². The van der Waals surface area contributed by atoms with Crippen molar-refractivity contribution in [2.75, 3.05) is 24.7 Å². The Kier molecular flexibility index (Phi) is 5.48. The van der Waals surface area contributed by atoms with Crippen LogP contribution in [0.4, 0.5) is 10.1 Å². The summed E-state index contributed by atoms with van der Waals surface area (Å²) in [6, 6.07) is 8.06. The smallest absolute Gasteiger partial charge is 0.234 e. The second-order valence-electron chi connectivity index (χ2n) is 7.27. The Hall–Kier alpha value is -2.22. The van der Waals surface area contributed by atoms with Crippen molar-refractivity contribution in [3.05, 3.63) is 54.4 Å². The van der Waals surface area contributed by atoms with E-state index in [1.807, 2.05) is 43.6 Å². The van der Waals surface area contributed by atoms with Crippen LogP contribution in [0.15, 0.2) is 42.9 Å². The highest BCUT2D eigenvalue weighted by atomic mass is 32.2. The van der Waals surface area contributed by atoms with Crippen LogP contribution in [0.5, 0.6) is 0 Å². The van der Waals surface area contributed by atoms with Gasteiger partial charge in [0.2, 0.25) is 17.3 Å². The minimum absolute atomic E-state index is 0.305. The number of piperidine rings is 1. The van der Waals surface area contributed by atoms with Gasteiger partial charge in [-0.3, -0.25) is 4.98 Å². The van der Waals surface area contributed by atoms with Gasteiger partial charge in [0.1, 0.15) is 0 Å². The van der Waals surface area contributed by atoms with E-state index in [9.17, 15) is 8.94 Å². The maximum Gasteiger partial charge on any atom is 0.234 e. The van der Waals surface area contributed by atoms with Gasteiger partial charge in [0.05, 0.1) is 0 Å². The summed E-state index contributed by atoms with van der Waals surface area (Å²) in [7, 11) is 0. The van der Waals surface area contributed by atoms with E-state index in [1.165, 1.54) is 0 Å². The Morgan fingerprint density at radius 2 is 2.00 bits per heavy atom. The Morgan fingerprint density at radius 1 is 1.21 bits per heavy atom. The van der Waals surface area contributed by atoms with Gasteiger partial charge in [-0.05, 0) is 60.5 Å². The molecule has 2 N–H and O–H groups in total. The molecule has 5 nitrogen and oxygen atoms in total. The summed E-state index contributed by atoms with van der Waals surface area (Å²) in [5, 5.41) is 5.67. The van der Waals surface area contributed by atoms with E-state index in [4.69, 9.17) is 0 Å². The molecule has 3 heterocycles. The third-order valence-electron chi connectivity index (χ3n) is 5.23. The van der Waals surface area contributed by atoms with Gasteiger partial charge >= 0.3 is 0 Å². The maximum absolute atomic E-state index is 14.4. The maximum atomic E-state index is 14.4. The molecule has 4 rings (SSSR count). The molecule has 1 atom stereocenters. The normalized spacial score (nSPS) is 17.0. The minimum Gasteiger partial charge on any atom is -0.382 e. The summed E-state index contributed by atoms with van der Waals surface area (Å²) in [5.74, 6) is -0.462. The summed E-state index contributed by atoms with van der Waals surface area (Å²) in [5.41, 5.74) is 3.19. The van der Waals surface area contributed by atoms with Gasteiger partial charge in [0.25, 0.3) is 0 Å². The van der Waals surface area contributed by atoms with Crippen molar-refractivity contribution >= 4 is 27.8 Å². The molecule has 0 aliphatic carbocycles. The highest BCUT2D eigenvalue weighted by Gasteiger charge is 2.28. The van der Waals surface area contributed by atoms with Crippen LogP contribution < -0.4 is 5.32 Å². The molecule has 3 aromatic rings. The van der Waals surface area contributed by atoms with Gasteiger partial charge in [0.15, 0.2) is 6.26 Å². The minimum atomic E-state index is -0.672. The Morgan fingerprint density at radius 3 is 2.75 bits per heavy atom. The lowest BCUT2D eigenvalue weighted by molar-refractivity contribution is 0.335. The Bertz CT molecular complexity index is 989. The van der Waals surface area contributed by atoms with Gasteiger partial charge < -0.3 is 5.32 Å². The number of hydrogen-bond donors (Lipinski definition) is 2. The molecule has 0 radical (unpaired) electrons. The molecular weight excluding hydrogens is 375 g/mol. The summed E-state index contributed by atoms with van der Waals surface area (Å²) in [6.07, 6.45) is 8.87. The van der Waals surface area contributed by atoms with E-state index in [2.05, 4.69) is 19.6 Å². The zero-order chi connectivity index (χ0) is 19.7. The fourth-order valence-corrected chi connectivity index (χ4v) is 4.45. The molecule has 0 bridgehead atoms. The number of aromatic nitrogens is 2. The first-order chi connectivity index (χ1) is 13.5. The van der Waals surface area contributed by atoms with Gasteiger partial charge in [-0.25, -0.2) is 4.98 Å². The van der Waals surface area contributed by atoms with Crippen molar-refractivity contribution in [2.45, 2.75) is 25.8 Å². The number of pyridine rings is 2. The molecular formula is C21H24FN4OS+. The molecule has 2 aromatic heterocycles. The van der Waals surface area contributed by atoms with Crippen LogP contribution in [0.25, 0.3) is 21.9 Å². The molecule has 1 unspecified atom stereocenters. The van der Waals surface area contributed by atoms with Crippen molar-refractivity contribution in [3.8, 4) is 11.1 Å². The van der Waals surface area contributed by atoms with Crippen molar-refractivity contribution < 1.29 is 8.94 Å². The Balaban J connectivity index is 1.69. The largest absolute Gasteiger partial charge is 0.382 e. The lowest BCUT2D eigenvalue weighted by atomic mass is 9.99. The number of halogens is 1. The summed E-state index contributed by atoms with van der Waals surface area (Å²) in [4.78, 5) is 8.15.